The Morgan fingerprint density at radius 2 is 1.66 bits per heavy atom. The number of hydrogen-bond acceptors (Lipinski definition) is 9. The molecular formula is C49H50F7N7O6S. The topological polar surface area (TPSA) is 157 Å². The van der Waals surface area contributed by atoms with Crippen LogP contribution in [0.5, 0.6) is 5.75 Å². The average Bonchev–Trinajstić information content (AvgIpc) is 3.86. The number of nitrogens with one attached hydrogen (secondary N) is 2. The van der Waals surface area contributed by atoms with Gasteiger partial charge < -0.3 is 29.9 Å². The molecule has 2 saturated heterocycles. The van der Waals surface area contributed by atoms with Crippen molar-refractivity contribution < 1.29 is 59.4 Å². The second-order valence-electron chi connectivity index (χ2n) is 18.2. The van der Waals surface area contributed by atoms with E-state index in [0.29, 0.717) is 37.3 Å². The number of pyridine rings is 1. The Morgan fingerprint density at radius 1 is 0.957 bits per heavy atom. The van der Waals surface area contributed by atoms with Gasteiger partial charge in [0.25, 0.3) is 5.91 Å². The fraction of sp³-hybridized carbons (Fsp3) is 0.408. The molecule has 0 spiro atoms. The lowest BCUT2D eigenvalue weighted by Crippen LogP contribution is -2.58. The number of halogens is 7. The SMILES string of the molecule is CC(C)(C)[C@H](NC(=O)COCCCCOc1ccc(-c2ccc(N3C(=S)N(c4ccc(C#N)c(C(F)(F)F)c4F)C(=O)C3(C)C)cn2)cc1C(F)(F)F)C(=O)N1CCCC1C(=O)NCc1ccccc1. The molecule has 372 valence electrons. The van der Waals surface area contributed by atoms with Gasteiger partial charge in [0.05, 0.1) is 47.1 Å². The van der Waals surface area contributed by atoms with Crippen LogP contribution >= 0.6 is 12.2 Å². The average molecular weight is 998 g/mol. The molecule has 4 amide bonds. The zero-order valence-corrected chi connectivity index (χ0v) is 39.6. The van der Waals surface area contributed by atoms with Crippen molar-refractivity contribution in [2.24, 2.45) is 5.41 Å². The number of anilines is 2. The molecule has 3 heterocycles. The van der Waals surface area contributed by atoms with E-state index in [1.165, 1.54) is 54.1 Å². The highest BCUT2D eigenvalue weighted by molar-refractivity contribution is 7.81. The number of thiocarbonyl (C=S) groups is 1. The first-order valence-corrected chi connectivity index (χ1v) is 22.5. The summed E-state index contributed by atoms with van der Waals surface area (Å²) in [6, 6.07) is 16.7. The van der Waals surface area contributed by atoms with E-state index in [-0.39, 0.29) is 55.0 Å². The molecule has 1 unspecified atom stereocenters. The molecule has 6 rings (SSSR count). The number of amides is 4. The number of aromatic nitrogens is 1. The van der Waals surface area contributed by atoms with E-state index < -0.39 is 86.3 Å². The molecule has 2 fully saturated rings. The van der Waals surface area contributed by atoms with Gasteiger partial charge in [-0.3, -0.25) is 29.1 Å². The Balaban J connectivity index is 1.02. The molecule has 13 nitrogen and oxygen atoms in total. The number of likely N-dealkylation sites (tertiary alicyclic amines) is 1. The summed E-state index contributed by atoms with van der Waals surface area (Å²) < 4.78 is 111. The highest BCUT2D eigenvalue weighted by Crippen LogP contribution is 2.43. The van der Waals surface area contributed by atoms with Crippen molar-refractivity contribution >= 4 is 52.3 Å². The van der Waals surface area contributed by atoms with Crippen molar-refractivity contribution in [3.63, 3.8) is 0 Å². The molecule has 2 atom stereocenters. The predicted molar refractivity (Wildman–Crippen MR) is 247 cm³/mol. The molecule has 70 heavy (non-hydrogen) atoms. The number of hydrogen-bond donors (Lipinski definition) is 2. The van der Waals surface area contributed by atoms with E-state index in [0.717, 1.165) is 29.8 Å². The molecule has 4 aromatic rings. The van der Waals surface area contributed by atoms with Gasteiger partial charge in [0.15, 0.2) is 10.9 Å². The van der Waals surface area contributed by atoms with Crippen molar-refractivity contribution in [3.8, 4) is 23.1 Å². The van der Waals surface area contributed by atoms with Crippen LogP contribution < -0.4 is 25.2 Å². The summed E-state index contributed by atoms with van der Waals surface area (Å²) in [4.78, 5) is 61.1. The number of carbonyl (C=O) groups excluding carboxylic acids is 4. The van der Waals surface area contributed by atoms with Crippen LogP contribution in [0.15, 0.2) is 79.0 Å². The molecule has 21 heteroatoms. The Kier molecular flexibility index (Phi) is 15.9. The number of ether oxygens (including phenoxy) is 2. The highest BCUT2D eigenvalue weighted by Gasteiger charge is 2.52. The molecular weight excluding hydrogens is 948 g/mol. The molecule has 1 aromatic heterocycles. The maximum Gasteiger partial charge on any atom is 0.420 e. The second kappa shape index (κ2) is 21.1. The summed E-state index contributed by atoms with van der Waals surface area (Å²) in [6.45, 7) is 8.38. The summed E-state index contributed by atoms with van der Waals surface area (Å²) in [6.07, 6.45) is -7.23. The molecule has 2 aliphatic heterocycles. The van der Waals surface area contributed by atoms with Crippen LogP contribution in [0.2, 0.25) is 0 Å². The lowest BCUT2D eigenvalue weighted by atomic mass is 9.85. The minimum atomic E-state index is -5.27. The number of nitrogens with zero attached hydrogens (tertiary/aromatic N) is 5. The quantitative estimate of drug-likeness (QED) is 0.0632. The van der Waals surface area contributed by atoms with Gasteiger partial charge in [0.2, 0.25) is 17.7 Å². The lowest BCUT2D eigenvalue weighted by molar-refractivity contribution is -0.144. The van der Waals surface area contributed by atoms with Gasteiger partial charge in [0, 0.05) is 25.3 Å². The van der Waals surface area contributed by atoms with E-state index in [4.69, 9.17) is 27.0 Å². The first-order valence-electron chi connectivity index (χ1n) is 22.1. The minimum Gasteiger partial charge on any atom is -0.493 e. The highest BCUT2D eigenvalue weighted by atomic mass is 32.1. The third-order valence-electron chi connectivity index (χ3n) is 11.8. The molecule has 0 aliphatic carbocycles. The summed E-state index contributed by atoms with van der Waals surface area (Å²) in [5, 5.41) is 14.4. The van der Waals surface area contributed by atoms with Crippen LogP contribution in [0.25, 0.3) is 11.3 Å². The van der Waals surface area contributed by atoms with Crippen molar-refractivity contribution in [3.05, 3.63) is 107 Å². The van der Waals surface area contributed by atoms with Gasteiger partial charge in [-0.1, -0.05) is 51.1 Å². The number of carbonyl (C=O) groups is 4. The summed E-state index contributed by atoms with van der Waals surface area (Å²) in [5.41, 5.74) is -5.92. The van der Waals surface area contributed by atoms with Crippen LogP contribution in [0.1, 0.15) is 82.6 Å². The molecule has 0 bridgehead atoms. The van der Waals surface area contributed by atoms with Gasteiger partial charge in [-0.15, -0.1) is 0 Å². The van der Waals surface area contributed by atoms with Crippen LogP contribution in [0, 0.1) is 22.6 Å². The third kappa shape index (κ3) is 11.7. The monoisotopic (exact) mass is 997 g/mol. The lowest BCUT2D eigenvalue weighted by Gasteiger charge is -2.35. The molecule has 2 N–H and O–H groups in total. The summed E-state index contributed by atoms with van der Waals surface area (Å²) in [5.74, 6) is -4.43. The summed E-state index contributed by atoms with van der Waals surface area (Å²) in [7, 11) is 0. The van der Waals surface area contributed by atoms with Crippen LogP contribution in [-0.2, 0) is 42.8 Å². The number of alkyl halides is 6. The Labute approximate surface area is 404 Å². The maximum atomic E-state index is 15.4. The third-order valence-corrected chi connectivity index (χ3v) is 12.1. The van der Waals surface area contributed by atoms with E-state index in [1.54, 1.807) is 20.8 Å². The normalized spacial score (nSPS) is 16.6. The zero-order valence-electron chi connectivity index (χ0n) is 38.8. The van der Waals surface area contributed by atoms with Crippen molar-refractivity contribution in [1.82, 2.24) is 20.5 Å². The van der Waals surface area contributed by atoms with Crippen molar-refractivity contribution in [1.29, 1.82) is 5.26 Å². The molecule has 2 aliphatic rings. The Morgan fingerprint density at radius 3 is 2.29 bits per heavy atom. The van der Waals surface area contributed by atoms with E-state index in [9.17, 15) is 45.5 Å². The van der Waals surface area contributed by atoms with Gasteiger partial charge in [0.1, 0.15) is 35.5 Å². The van der Waals surface area contributed by atoms with E-state index in [2.05, 4.69) is 15.6 Å². The fourth-order valence-corrected chi connectivity index (χ4v) is 8.67. The molecule has 0 saturated carbocycles. The number of nitriles is 1. The fourth-order valence-electron chi connectivity index (χ4n) is 8.15. The van der Waals surface area contributed by atoms with Crippen molar-refractivity contribution in [2.75, 3.05) is 36.2 Å². The molecule has 0 radical (unpaired) electrons. The predicted octanol–water partition coefficient (Wildman–Crippen LogP) is 8.73. The maximum absolute atomic E-state index is 15.4. The minimum absolute atomic E-state index is 0.0400. The standard InChI is InChI=1S/C49H50F7N7O6S/c1-46(2,3)41(43(66)61-21-11-14-36(61)42(65)59-26-29-12-7-6-8-13-29)60-38(64)28-68-22-9-10-23-69-37-20-16-30(24-33(37)48(51,52)53)34-18-17-32(27-58-34)63-45(70)62(44(67)47(63,4)5)35-19-15-31(25-57)39(40(35)50)49(54,55)56/h6-8,12-13,15-20,24,27,36,41H,9-11,14,21-23,26,28H2,1-5H3,(H,59,65)(H,60,64)/t36?,41-/m1/s1. The number of unbranched alkanes of at least 4 members (excludes halogenated alkanes) is 1. The summed E-state index contributed by atoms with van der Waals surface area (Å²) >= 11 is 5.46. The van der Waals surface area contributed by atoms with Crippen LogP contribution in [0.4, 0.5) is 42.1 Å². The van der Waals surface area contributed by atoms with E-state index >= 15 is 4.39 Å². The smallest absolute Gasteiger partial charge is 0.420 e. The second-order valence-corrected chi connectivity index (χ2v) is 18.6. The first-order chi connectivity index (χ1) is 32.9. The van der Waals surface area contributed by atoms with Crippen LogP contribution in [0.3, 0.4) is 0 Å². The van der Waals surface area contributed by atoms with Gasteiger partial charge >= 0.3 is 12.4 Å². The number of benzene rings is 3. The Bertz CT molecular complexity index is 2650. The van der Waals surface area contributed by atoms with Gasteiger partial charge in [-0.05, 0) is 105 Å². The Hall–Kier alpha value is -6.66. The van der Waals surface area contributed by atoms with E-state index in [1.807, 2.05) is 30.3 Å². The zero-order chi connectivity index (χ0) is 51.3. The molecule has 3 aromatic carbocycles. The first kappa shape index (κ1) is 52.7. The largest absolute Gasteiger partial charge is 0.493 e. The van der Waals surface area contributed by atoms with Crippen LogP contribution in [-0.4, -0.2) is 82.6 Å². The van der Waals surface area contributed by atoms with Crippen molar-refractivity contribution in [2.45, 2.75) is 96.8 Å². The van der Waals surface area contributed by atoms with Gasteiger partial charge in [-0.2, -0.15) is 31.6 Å². The van der Waals surface area contributed by atoms with Gasteiger partial charge in [-0.25, -0.2) is 4.39 Å². The number of rotatable bonds is 16.